The van der Waals surface area contributed by atoms with E-state index in [1.807, 2.05) is 0 Å². The summed E-state index contributed by atoms with van der Waals surface area (Å²) in [6.45, 7) is 10.2. The molecule has 0 radical (unpaired) electrons. The number of benzene rings is 5. The average molecular weight is 644 g/mol. The van der Waals surface area contributed by atoms with Crippen molar-refractivity contribution in [2.24, 2.45) is 11.8 Å². The van der Waals surface area contributed by atoms with E-state index in [1.165, 1.54) is 70.0 Å². The van der Waals surface area contributed by atoms with E-state index in [2.05, 4.69) is 135 Å². The van der Waals surface area contributed by atoms with Crippen molar-refractivity contribution in [1.29, 1.82) is 0 Å². The topological polar surface area (TPSA) is 21.7 Å². The molecule has 0 amide bonds. The predicted octanol–water partition coefficient (Wildman–Crippen LogP) is 10.4. The molecule has 4 atom stereocenters. The molecule has 5 aliphatic rings. The third-order valence-corrected chi connectivity index (χ3v) is 12.8. The first-order valence-electron chi connectivity index (χ1n) is 18.5. The lowest BCUT2D eigenvalue weighted by Gasteiger charge is -2.41. The second-order valence-corrected chi connectivity index (χ2v) is 16.3. The summed E-state index contributed by atoms with van der Waals surface area (Å²) in [5.41, 5.74) is 11.5. The first kappa shape index (κ1) is 29.6. The molecule has 3 fully saturated rings. The average Bonchev–Trinajstić information content (AvgIpc) is 3.84. The highest BCUT2D eigenvalue weighted by Crippen LogP contribution is 2.68. The number of hydrogen-bond donors (Lipinski definition) is 0. The Hall–Kier alpha value is -4.34. The minimum Gasteiger partial charge on any atom is -0.472 e. The van der Waals surface area contributed by atoms with E-state index < -0.39 is 5.60 Å². The van der Waals surface area contributed by atoms with Crippen LogP contribution in [0.15, 0.2) is 103 Å². The molecule has 2 bridgehead atoms. The first-order chi connectivity index (χ1) is 23.9. The summed E-state index contributed by atoms with van der Waals surface area (Å²) in [6, 6.07) is 36.7. The number of fused-ring (bicyclic) bond motifs is 13. The van der Waals surface area contributed by atoms with Crippen LogP contribution in [0.1, 0.15) is 79.8 Å². The highest BCUT2D eigenvalue weighted by Gasteiger charge is 2.58. The highest BCUT2D eigenvalue weighted by atomic mass is 16.5. The van der Waals surface area contributed by atoms with Crippen LogP contribution in [0.2, 0.25) is 0 Å². The van der Waals surface area contributed by atoms with Gasteiger partial charge in [-0.05, 0) is 87.9 Å². The number of ether oxygens (including phenoxy) is 2. The Morgan fingerprint density at radius 2 is 1.45 bits per heavy atom. The number of rotatable bonds is 3. The van der Waals surface area contributed by atoms with Crippen molar-refractivity contribution in [2.45, 2.75) is 62.9 Å². The van der Waals surface area contributed by atoms with Gasteiger partial charge in [-0.2, -0.15) is 0 Å². The van der Waals surface area contributed by atoms with Gasteiger partial charge in [0, 0.05) is 46.3 Å². The van der Waals surface area contributed by atoms with Gasteiger partial charge in [0.1, 0.15) is 5.75 Å². The molecule has 2 saturated carbocycles. The number of morpholine rings is 1. The van der Waals surface area contributed by atoms with E-state index in [0.29, 0.717) is 5.92 Å². The van der Waals surface area contributed by atoms with Crippen molar-refractivity contribution in [3.05, 3.63) is 137 Å². The molecule has 2 aliphatic heterocycles. The Balaban J connectivity index is 1.20. The smallest absolute Gasteiger partial charge is 0.178 e. The maximum absolute atomic E-state index is 7.70. The van der Waals surface area contributed by atoms with Crippen molar-refractivity contribution < 1.29 is 9.47 Å². The quantitative estimate of drug-likeness (QED) is 0.195. The minimum atomic E-state index is -0.767. The van der Waals surface area contributed by atoms with Crippen LogP contribution in [0, 0.1) is 11.8 Å². The second kappa shape index (κ2) is 10.6. The fraction of sp³-hybridized carbons (Fsp3) is 0.348. The van der Waals surface area contributed by atoms with Crippen LogP contribution < -0.4 is 9.64 Å². The fourth-order valence-electron chi connectivity index (χ4n) is 10.5. The van der Waals surface area contributed by atoms with Gasteiger partial charge in [-0.1, -0.05) is 118 Å². The molecule has 10 rings (SSSR count). The van der Waals surface area contributed by atoms with E-state index in [1.54, 1.807) is 5.56 Å². The van der Waals surface area contributed by atoms with Crippen molar-refractivity contribution in [2.75, 3.05) is 31.2 Å². The van der Waals surface area contributed by atoms with Crippen LogP contribution in [0.5, 0.6) is 5.75 Å². The van der Waals surface area contributed by atoms with Crippen molar-refractivity contribution >= 4 is 22.5 Å². The van der Waals surface area contributed by atoms with Gasteiger partial charge in [0.2, 0.25) is 0 Å². The molecular formula is C46H45NO2. The SMILES string of the molecule is CC(C)(C)c1ccc(C2(c3ccc(N4CCOCC4)cc3)C=Cc3c4c(c5ccccc5c3O2)-c2ccccc2C42CC3CCC2C3)cc1. The summed E-state index contributed by atoms with van der Waals surface area (Å²) >= 11 is 0. The zero-order valence-electron chi connectivity index (χ0n) is 29.0. The van der Waals surface area contributed by atoms with Crippen molar-refractivity contribution in [3.63, 3.8) is 0 Å². The third-order valence-electron chi connectivity index (χ3n) is 12.8. The molecule has 49 heavy (non-hydrogen) atoms. The van der Waals surface area contributed by atoms with Gasteiger partial charge in [0.05, 0.1) is 13.2 Å². The lowest BCUT2D eigenvalue weighted by molar-refractivity contribution is 0.122. The Morgan fingerprint density at radius 1 is 0.755 bits per heavy atom. The summed E-state index contributed by atoms with van der Waals surface area (Å²) in [4.78, 5) is 2.42. The fourth-order valence-corrected chi connectivity index (χ4v) is 10.5. The summed E-state index contributed by atoms with van der Waals surface area (Å²) in [5.74, 6) is 2.52. The molecular weight excluding hydrogens is 599 g/mol. The van der Waals surface area contributed by atoms with Crippen LogP contribution in [-0.2, 0) is 21.2 Å². The Morgan fingerprint density at radius 3 is 2.14 bits per heavy atom. The van der Waals surface area contributed by atoms with E-state index in [0.717, 1.165) is 49.1 Å². The second-order valence-electron chi connectivity index (χ2n) is 16.3. The molecule has 5 aromatic rings. The summed E-state index contributed by atoms with van der Waals surface area (Å²) < 4.78 is 13.4. The van der Waals surface area contributed by atoms with E-state index in [-0.39, 0.29) is 10.8 Å². The molecule has 246 valence electrons. The van der Waals surface area contributed by atoms with Gasteiger partial charge < -0.3 is 14.4 Å². The molecule has 2 heterocycles. The third kappa shape index (κ3) is 4.18. The lowest BCUT2D eigenvalue weighted by atomic mass is 9.65. The molecule has 5 aromatic carbocycles. The summed E-state index contributed by atoms with van der Waals surface area (Å²) in [7, 11) is 0. The van der Waals surface area contributed by atoms with Gasteiger partial charge in [-0.25, -0.2) is 0 Å². The van der Waals surface area contributed by atoms with E-state index >= 15 is 0 Å². The van der Waals surface area contributed by atoms with Crippen molar-refractivity contribution in [1.82, 2.24) is 0 Å². The van der Waals surface area contributed by atoms with E-state index in [9.17, 15) is 0 Å². The van der Waals surface area contributed by atoms with Crippen LogP contribution in [0.25, 0.3) is 28.0 Å². The van der Waals surface area contributed by atoms with Gasteiger partial charge in [-0.15, -0.1) is 0 Å². The largest absolute Gasteiger partial charge is 0.472 e. The number of hydrogen-bond acceptors (Lipinski definition) is 3. The lowest BCUT2D eigenvalue weighted by Crippen LogP contribution is -2.37. The molecule has 0 N–H and O–H groups in total. The van der Waals surface area contributed by atoms with Crippen LogP contribution in [0.3, 0.4) is 0 Å². The van der Waals surface area contributed by atoms with Crippen LogP contribution >= 0.6 is 0 Å². The Kier molecular flexibility index (Phi) is 6.38. The normalized spacial score (nSPS) is 26.6. The zero-order valence-corrected chi connectivity index (χ0v) is 29.0. The maximum Gasteiger partial charge on any atom is 0.178 e. The zero-order chi connectivity index (χ0) is 33.0. The molecule has 3 aliphatic carbocycles. The molecule has 4 unspecified atom stereocenters. The highest BCUT2D eigenvalue weighted by molar-refractivity contribution is 6.08. The van der Waals surface area contributed by atoms with Crippen LogP contribution in [-0.4, -0.2) is 26.3 Å². The number of nitrogens with zero attached hydrogens (tertiary/aromatic N) is 1. The van der Waals surface area contributed by atoms with Crippen molar-refractivity contribution in [3.8, 4) is 16.9 Å². The maximum atomic E-state index is 7.70. The Labute approximate surface area is 290 Å². The molecule has 0 aromatic heterocycles. The molecule has 1 spiro atoms. The summed E-state index contributed by atoms with van der Waals surface area (Å²) in [5, 5.41) is 2.52. The first-order valence-corrected chi connectivity index (χ1v) is 18.5. The minimum absolute atomic E-state index is 0.0603. The predicted molar refractivity (Wildman–Crippen MR) is 201 cm³/mol. The molecule has 3 heteroatoms. The Bertz CT molecular complexity index is 2130. The summed E-state index contributed by atoms with van der Waals surface area (Å²) in [6.07, 6.45) is 10.1. The molecule has 3 nitrogen and oxygen atoms in total. The standard InChI is InChI=1S/C46H45NO2/c1-44(2,3)31-14-16-32(17-15-31)46(33-18-20-35(21-19-33)47-24-26-48-27-25-47)23-22-39-42-41(36-8-4-5-9-37(36)43(39)49-46)38-10-6-7-11-40(38)45(42)29-30-12-13-34(45)28-30/h4-11,14-23,30,34H,12-13,24-29H2,1-3H3. The number of anilines is 1. The van der Waals surface area contributed by atoms with E-state index in [4.69, 9.17) is 9.47 Å². The van der Waals surface area contributed by atoms with Gasteiger partial charge in [0.15, 0.2) is 5.60 Å². The monoisotopic (exact) mass is 643 g/mol. The molecule has 1 saturated heterocycles. The van der Waals surface area contributed by atoms with Gasteiger partial charge >= 0.3 is 0 Å². The van der Waals surface area contributed by atoms with Gasteiger partial charge in [0.25, 0.3) is 0 Å². The van der Waals surface area contributed by atoms with Gasteiger partial charge in [-0.3, -0.25) is 0 Å². The van der Waals surface area contributed by atoms with Crippen LogP contribution in [0.4, 0.5) is 5.69 Å².